The molecule has 4 fully saturated rings. The second-order valence-corrected chi connectivity index (χ2v) is 7.60. The quantitative estimate of drug-likeness (QED) is 0.555. The molecule has 0 spiro atoms. The fraction of sp³-hybridized carbons (Fsp3) is 1.00. The van der Waals surface area contributed by atoms with Crippen molar-refractivity contribution < 1.29 is 0 Å². The van der Waals surface area contributed by atoms with Crippen LogP contribution in [-0.4, -0.2) is 4.32 Å². The molecule has 0 aromatic heterocycles. The Kier molecular flexibility index (Phi) is 1.38. The molecule has 4 saturated carbocycles. The molecule has 0 aromatic rings. The maximum Gasteiger partial charge on any atom is 0.0268 e. The zero-order valence-electron chi connectivity index (χ0n) is 7.78. The van der Waals surface area contributed by atoms with Gasteiger partial charge in [-0.05, 0) is 55.8 Å². The summed E-state index contributed by atoms with van der Waals surface area (Å²) in [5.74, 6) is 2.13. The van der Waals surface area contributed by atoms with E-state index < -0.39 is 0 Å². The minimum Gasteiger partial charge on any atom is -0.0853 e. The van der Waals surface area contributed by atoms with Gasteiger partial charge in [0.1, 0.15) is 0 Å². The summed E-state index contributed by atoms with van der Waals surface area (Å²) < 4.78 is 0.575. The zero-order valence-corrected chi connectivity index (χ0v) is 9.36. The number of rotatable bonds is 0. The van der Waals surface area contributed by atoms with Gasteiger partial charge in [0.2, 0.25) is 0 Å². The molecular formula is C11H17Br. The zero-order chi connectivity index (χ0) is 8.40. The molecule has 4 aliphatic rings. The summed E-state index contributed by atoms with van der Waals surface area (Å²) in [5.41, 5.74) is 0.716. The highest BCUT2D eigenvalue weighted by molar-refractivity contribution is 9.10. The van der Waals surface area contributed by atoms with Crippen molar-refractivity contribution in [3.63, 3.8) is 0 Å². The molecule has 4 bridgehead atoms. The fourth-order valence-corrected chi connectivity index (χ4v) is 6.19. The van der Waals surface area contributed by atoms with Gasteiger partial charge in [0, 0.05) is 4.32 Å². The average Bonchev–Trinajstić information content (AvgIpc) is 1.75. The van der Waals surface area contributed by atoms with Crippen molar-refractivity contribution in [2.75, 3.05) is 0 Å². The van der Waals surface area contributed by atoms with E-state index in [1.165, 1.54) is 32.1 Å². The van der Waals surface area contributed by atoms with Crippen LogP contribution >= 0.6 is 15.9 Å². The first-order valence-electron chi connectivity index (χ1n) is 5.26. The van der Waals surface area contributed by atoms with Crippen molar-refractivity contribution in [2.45, 2.75) is 49.8 Å². The van der Waals surface area contributed by atoms with Gasteiger partial charge >= 0.3 is 0 Å². The van der Waals surface area contributed by atoms with E-state index in [0.717, 1.165) is 11.8 Å². The highest BCUT2D eigenvalue weighted by atomic mass is 79.9. The Morgan fingerprint density at radius 2 is 1.67 bits per heavy atom. The summed E-state index contributed by atoms with van der Waals surface area (Å²) in [5, 5.41) is 0. The molecule has 0 heterocycles. The Balaban J connectivity index is 1.98. The predicted molar refractivity (Wildman–Crippen MR) is 54.4 cm³/mol. The molecule has 0 saturated heterocycles. The van der Waals surface area contributed by atoms with Crippen molar-refractivity contribution in [3.05, 3.63) is 0 Å². The van der Waals surface area contributed by atoms with Crippen LogP contribution in [0.5, 0.6) is 0 Å². The maximum atomic E-state index is 3.99. The molecule has 12 heavy (non-hydrogen) atoms. The first-order valence-corrected chi connectivity index (χ1v) is 6.05. The lowest BCUT2D eigenvalue weighted by Crippen LogP contribution is -2.51. The Morgan fingerprint density at radius 1 is 1.08 bits per heavy atom. The molecule has 68 valence electrons. The highest BCUT2D eigenvalue weighted by Crippen LogP contribution is 2.64. The summed E-state index contributed by atoms with van der Waals surface area (Å²) in [6.07, 6.45) is 8.99. The third-order valence-electron chi connectivity index (χ3n) is 4.28. The summed E-state index contributed by atoms with van der Waals surface area (Å²) in [6, 6.07) is 0. The molecule has 0 N–H and O–H groups in total. The second kappa shape index (κ2) is 2.10. The van der Waals surface area contributed by atoms with E-state index in [4.69, 9.17) is 0 Å². The number of alkyl halides is 1. The van der Waals surface area contributed by atoms with Gasteiger partial charge < -0.3 is 0 Å². The van der Waals surface area contributed by atoms with Crippen molar-refractivity contribution in [2.24, 2.45) is 17.3 Å². The van der Waals surface area contributed by atoms with Crippen molar-refractivity contribution in [3.8, 4) is 0 Å². The van der Waals surface area contributed by atoms with Gasteiger partial charge in [0.05, 0.1) is 0 Å². The van der Waals surface area contributed by atoms with Gasteiger partial charge in [-0.1, -0.05) is 22.9 Å². The largest absolute Gasteiger partial charge is 0.0853 e. The summed E-state index contributed by atoms with van der Waals surface area (Å²) in [4.78, 5) is 0. The normalized spacial score (nSPS) is 62.5. The van der Waals surface area contributed by atoms with Crippen LogP contribution in [0.3, 0.4) is 0 Å². The smallest absolute Gasteiger partial charge is 0.0268 e. The standard InChI is InChI=1S/C11H17Br/c1-10-3-8-2-9(4-10)6-11(12,5-8)7-10/h8-9H,2-7H2,1H3/t8-,9+,10?,11?. The number of halogens is 1. The minimum absolute atomic E-state index is 0.575. The van der Waals surface area contributed by atoms with Gasteiger partial charge in [0.15, 0.2) is 0 Å². The van der Waals surface area contributed by atoms with E-state index in [9.17, 15) is 0 Å². The third-order valence-corrected chi connectivity index (χ3v) is 5.21. The molecule has 0 aliphatic heterocycles. The first kappa shape index (κ1) is 7.84. The Bertz CT molecular complexity index is 187. The Morgan fingerprint density at radius 3 is 2.08 bits per heavy atom. The maximum absolute atomic E-state index is 3.99. The van der Waals surface area contributed by atoms with E-state index >= 15 is 0 Å². The van der Waals surface area contributed by atoms with Crippen LogP contribution in [0.2, 0.25) is 0 Å². The molecule has 1 heteroatoms. The van der Waals surface area contributed by atoms with Crippen molar-refractivity contribution in [1.29, 1.82) is 0 Å². The lowest BCUT2D eigenvalue weighted by Gasteiger charge is -2.59. The molecule has 4 atom stereocenters. The van der Waals surface area contributed by atoms with Crippen LogP contribution in [0.1, 0.15) is 45.4 Å². The van der Waals surface area contributed by atoms with Crippen LogP contribution in [0, 0.1) is 17.3 Å². The van der Waals surface area contributed by atoms with E-state index in [0.29, 0.717) is 9.74 Å². The molecule has 0 aromatic carbocycles. The van der Waals surface area contributed by atoms with E-state index in [-0.39, 0.29) is 0 Å². The number of hydrogen-bond acceptors (Lipinski definition) is 0. The molecule has 4 aliphatic carbocycles. The monoisotopic (exact) mass is 228 g/mol. The van der Waals surface area contributed by atoms with Gasteiger partial charge in [0.25, 0.3) is 0 Å². The SMILES string of the molecule is CC12C[C@H]3C[C@@H](C1)CC(Br)(C3)C2. The Hall–Kier alpha value is 0.480. The lowest BCUT2D eigenvalue weighted by atomic mass is 9.50. The molecule has 4 rings (SSSR count). The topological polar surface area (TPSA) is 0 Å². The highest BCUT2D eigenvalue weighted by Gasteiger charge is 2.54. The van der Waals surface area contributed by atoms with E-state index in [1.807, 2.05) is 0 Å². The average molecular weight is 229 g/mol. The van der Waals surface area contributed by atoms with Crippen LogP contribution in [-0.2, 0) is 0 Å². The van der Waals surface area contributed by atoms with Gasteiger partial charge in [-0.15, -0.1) is 0 Å². The van der Waals surface area contributed by atoms with Crippen LogP contribution < -0.4 is 0 Å². The summed E-state index contributed by atoms with van der Waals surface area (Å²) in [6.45, 7) is 2.51. The van der Waals surface area contributed by atoms with Crippen LogP contribution in [0.15, 0.2) is 0 Å². The van der Waals surface area contributed by atoms with Gasteiger partial charge in [-0.25, -0.2) is 0 Å². The molecular weight excluding hydrogens is 212 g/mol. The van der Waals surface area contributed by atoms with Crippen LogP contribution in [0.25, 0.3) is 0 Å². The Labute approximate surface area is 83.2 Å². The van der Waals surface area contributed by atoms with E-state index in [2.05, 4.69) is 22.9 Å². The third kappa shape index (κ3) is 1.01. The second-order valence-electron chi connectivity index (χ2n) is 5.92. The summed E-state index contributed by atoms with van der Waals surface area (Å²) >= 11 is 3.99. The molecule has 0 nitrogen and oxygen atoms in total. The van der Waals surface area contributed by atoms with Gasteiger partial charge in [-0.3, -0.25) is 0 Å². The van der Waals surface area contributed by atoms with E-state index in [1.54, 1.807) is 6.42 Å². The van der Waals surface area contributed by atoms with Crippen LogP contribution in [0.4, 0.5) is 0 Å². The fourth-order valence-electron chi connectivity index (χ4n) is 4.60. The van der Waals surface area contributed by atoms with Crippen molar-refractivity contribution >= 4 is 15.9 Å². The molecule has 0 amide bonds. The minimum atomic E-state index is 0.575. The van der Waals surface area contributed by atoms with Crippen molar-refractivity contribution in [1.82, 2.24) is 0 Å². The molecule has 0 radical (unpaired) electrons. The number of hydrogen-bond donors (Lipinski definition) is 0. The first-order chi connectivity index (χ1) is 5.57. The predicted octanol–water partition coefficient (Wildman–Crippen LogP) is 3.74. The summed E-state index contributed by atoms with van der Waals surface area (Å²) in [7, 11) is 0. The lowest BCUT2D eigenvalue weighted by molar-refractivity contribution is -0.0227. The molecule has 2 unspecified atom stereocenters. The van der Waals surface area contributed by atoms with Gasteiger partial charge in [-0.2, -0.15) is 0 Å².